The highest BCUT2D eigenvalue weighted by Gasteiger charge is 2.22. The van der Waals surface area contributed by atoms with Gasteiger partial charge in [0.2, 0.25) is 0 Å². The van der Waals surface area contributed by atoms with E-state index in [9.17, 15) is 0 Å². The molecule has 2 heterocycles. The van der Waals surface area contributed by atoms with Crippen molar-refractivity contribution in [2.45, 2.75) is 25.9 Å². The average molecular weight is 270 g/mol. The summed E-state index contributed by atoms with van der Waals surface area (Å²) in [7, 11) is 2.05. The van der Waals surface area contributed by atoms with Crippen molar-refractivity contribution in [1.82, 2.24) is 20.0 Å². The van der Waals surface area contributed by atoms with Gasteiger partial charge < -0.3 is 5.32 Å². The number of nitrogens with zero attached hydrogens (tertiary/aromatic N) is 3. The van der Waals surface area contributed by atoms with Crippen LogP contribution in [-0.4, -0.2) is 40.9 Å². The Labute approximate surface area is 120 Å². The van der Waals surface area contributed by atoms with E-state index >= 15 is 0 Å². The van der Waals surface area contributed by atoms with Gasteiger partial charge in [-0.25, -0.2) is 4.68 Å². The first-order valence-electron chi connectivity index (χ1n) is 7.26. The average Bonchev–Trinajstić information content (AvgIpc) is 3.09. The van der Waals surface area contributed by atoms with Crippen LogP contribution in [0.2, 0.25) is 0 Å². The van der Waals surface area contributed by atoms with Crippen LogP contribution in [-0.2, 0) is 6.54 Å². The van der Waals surface area contributed by atoms with Gasteiger partial charge in [0.15, 0.2) is 0 Å². The van der Waals surface area contributed by atoms with Crippen LogP contribution in [0.5, 0.6) is 0 Å². The fraction of sp³-hybridized carbons (Fsp3) is 0.438. The molecule has 1 saturated heterocycles. The molecule has 1 fully saturated rings. The molecule has 0 spiro atoms. The van der Waals surface area contributed by atoms with Gasteiger partial charge in [0.1, 0.15) is 0 Å². The SMILES string of the molecule is CNC1CCN(Cc2ccnn2-c2ccccc2C)C1. The van der Waals surface area contributed by atoms with Gasteiger partial charge in [0.25, 0.3) is 0 Å². The highest BCUT2D eigenvalue weighted by atomic mass is 15.3. The number of aromatic nitrogens is 2. The molecule has 1 atom stereocenters. The molecule has 1 unspecified atom stereocenters. The summed E-state index contributed by atoms with van der Waals surface area (Å²) in [6.45, 7) is 5.38. The van der Waals surface area contributed by atoms with E-state index in [-0.39, 0.29) is 0 Å². The highest BCUT2D eigenvalue weighted by molar-refractivity contribution is 5.40. The van der Waals surface area contributed by atoms with Crippen LogP contribution >= 0.6 is 0 Å². The number of hydrogen-bond acceptors (Lipinski definition) is 3. The van der Waals surface area contributed by atoms with Crippen LogP contribution in [0, 0.1) is 6.92 Å². The number of para-hydroxylation sites is 1. The highest BCUT2D eigenvalue weighted by Crippen LogP contribution is 2.18. The van der Waals surface area contributed by atoms with Gasteiger partial charge >= 0.3 is 0 Å². The predicted octanol–water partition coefficient (Wildman–Crippen LogP) is 1.97. The number of nitrogens with one attached hydrogen (secondary N) is 1. The Morgan fingerprint density at radius 3 is 2.90 bits per heavy atom. The van der Waals surface area contributed by atoms with E-state index in [4.69, 9.17) is 0 Å². The Kier molecular flexibility index (Phi) is 3.85. The van der Waals surface area contributed by atoms with Gasteiger partial charge in [-0.3, -0.25) is 4.90 Å². The van der Waals surface area contributed by atoms with Crippen molar-refractivity contribution in [1.29, 1.82) is 0 Å². The zero-order chi connectivity index (χ0) is 13.9. The fourth-order valence-electron chi connectivity index (χ4n) is 2.91. The van der Waals surface area contributed by atoms with Gasteiger partial charge in [0, 0.05) is 31.9 Å². The molecule has 106 valence electrons. The molecule has 0 bridgehead atoms. The molecule has 1 aromatic heterocycles. The number of hydrogen-bond donors (Lipinski definition) is 1. The minimum Gasteiger partial charge on any atom is -0.316 e. The molecule has 20 heavy (non-hydrogen) atoms. The van der Waals surface area contributed by atoms with Gasteiger partial charge in [-0.15, -0.1) is 0 Å². The number of aryl methyl sites for hydroxylation is 1. The molecule has 0 amide bonds. The molecule has 1 aromatic carbocycles. The molecule has 1 aliphatic heterocycles. The fourth-order valence-corrected chi connectivity index (χ4v) is 2.91. The van der Waals surface area contributed by atoms with Gasteiger partial charge in [0.05, 0.1) is 11.4 Å². The molecule has 0 saturated carbocycles. The van der Waals surface area contributed by atoms with E-state index < -0.39 is 0 Å². The minimum absolute atomic E-state index is 0.629. The lowest BCUT2D eigenvalue weighted by atomic mass is 10.2. The van der Waals surface area contributed by atoms with Crippen molar-refractivity contribution in [3.05, 3.63) is 47.8 Å². The topological polar surface area (TPSA) is 33.1 Å². The van der Waals surface area contributed by atoms with Crippen molar-refractivity contribution in [2.24, 2.45) is 0 Å². The molecule has 0 radical (unpaired) electrons. The zero-order valence-corrected chi connectivity index (χ0v) is 12.2. The van der Waals surface area contributed by atoms with Gasteiger partial charge in [-0.2, -0.15) is 5.10 Å². The van der Waals surface area contributed by atoms with Crippen molar-refractivity contribution in [2.75, 3.05) is 20.1 Å². The summed E-state index contributed by atoms with van der Waals surface area (Å²) in [6, 6.07) is 11.2. The first-order valence-corrected chi connectivity index (χ1v) is 7.26. The number of likely N-dealkylation sites (N-methyl/N-ethyl adjacent to an activating group) is 1. The van der Waals surface area contributed by atoms with E-state index in [2.05, 4.69) is 57.3 Å². The second-order valence-electron chi connectivity index (χ2n) is 5.53. The Hall–Kier alpha value is -1.65. The third kappa shape index (κ3) is 2.62. The van der Waals surface area contributed by atoms with Crippen molar-refractivity contribution < 1.29 is 0 Å². The summed E-state index contributed by atoms with van der Waals surface area (Å²) in [5.41, 5.74) is 3.69. The first-order chi connectivity index (χ1) is 9.78. The van der Waals surface area contributed by atoms with Crippen LogP contribution in [0.4, 0.5) is 0 Å². The lowest BCUT2D eigenvalue weighted by Crippen LogP contribution is -2.29. The van der Waals surface area contributed by atoms with Crippen LogP contribution in [0.15, 0.2) is 36.5 Å². The van der Waals surface area contributed by atoms with E-state index in [0.717, 1.165) is 19.6 Å². The summed E-state index contributed by atoms with van der Waals surface area (Å²) < 4.78 is 2.07. The smallest absolute Gasteiger partial charge is 0.0678 e. The third-order valence-electron chi connectivity index (χ3n) is 4.13. The van der Waals surface area contributed by atoms with Gasteiger partial charge in [-0.1, -0.05) is 18.2 Å². The maximum absolute atomic E-state index is 4.50. The summed E-state index contributed by atoms with van der Waals surface area (Å²) in [5.74, 6) is 0. The molecule has 2 aromatic rings. The Morgan fingerprint density at radius 2 is 2.15 bits per heavy atom. The van der Waals surface area contributed by atoms with Crippen LogP contribution in [0.3, 0.4) is 0 Å². The van der Waals surface area contributed by atoms with E-state index in [1.807, 2.05) is 13.2 Å². The standard InChI is InChI=1S/C16H22N4/c1-13-5-3-4-6-16(13)20-15(7-9-18-20)12-19-10-8-14(11-19)17-2/h3-7,9,14,17H,8,10-12H2,1-2H3. The quantitative estimate of drug-likeness (QED) is 0.922. The van der Waals surface area contributed by atoms with Crippen molar-refractivity contribution in [3.8, 4) is 5.69 Å². The van der Waals surface area contributed by atoms with Crippen molar-refractivity contribution in [3.63, 3.8) is 0 Å². The summed E-state index contributed by atoms with van der Waals surface area (Å²) in [6.07, 6.45) is 3.13. The predicted molar refractivity (Wildman–Crippen MR) is 81.0 cm³/mol. The minimum atomic E-state index is 0.629. The van der Waals surface area contributed by atoms with Crippen LogP contribution < -0.4 is 5.32 Å². The largest absolute Gasteiger partial charge is 0.316 e. The number of benzene rings is 1. The van der Waals surface area contributed by atoms with Crippen molar-refractivity contribution >= 4 is 0 Å². The maximum atomic E-state index is 4.50. The van der Waals surface area contributed by atoms with E-state index in [1.165, 1.54) is 23.4 Å². The molecule has 1 aliphatic rings. The first kappa shape index (κ1) is 13.3. The van der Waals surface area contributed by atoms with Crippen LogP contribution in [0.25, 0.3) is 5.69 Å². The van der Waals surface area contributed by atoms with Gasteiger partial charge in [-0.05, 0) is 38.1 Å². The molecule has 3 rings (SSSR count). The molecule has 0 aliphatic carbocycles. The Bertz CT molecular complexity index is 575. The molecule has 4 heteroatoms. The second-order valence-corrected chi connectivity index (χ2v) is 5.53. The molecule has 4 nitrogen and oxygen atoms in total. The van der Waals surface area contributed by atoms with E-state index in [0.29, 0.717) is 6.04 Å². The summed E-state index contributed by atoms with van der Waals surface area (Å²) >= 11 is 0. The maximum Gasteiger partial charge on any atom is 0.0678 e. The summed E-state index contributed by atoms with van der Waals surface area (Å²) in [5, 5.41) is 7.87. The molecular formula is C16H22N4. The number of rotatable bonds is 4. The van der Waals surface area contributed by atoms with E-state index in [1.54, 1.807) is 0 Å². The zero-order valence-electron chi connectivity index (χ0n) is 12.2. The molecular weight excluding hydrogens is 248 g/mol. The monoisotopic (exact) mass is 270 g/mol. The lowest BCUT2D eigenvalue weighted by molar-refractivity contribution is 0.315. The third-order valence-corrected chi connectivity index (χ3v) is 4.13. The second kappa shape index (κ2) is 5.77. The summed E-state index contributed by atoms with van der Waals surface area (Å²) in [4.78, 5) is 2.49. The normalized spacial score (nSPS) is 19.6. The van der Waals surface area contributed by atoms with Crippen LogP contribution in [0.1, 0.15) is 17.7 Å². The molecule has 1 N–H and O–H groups in total. The lowest BCUT2D eigenvalue weighted by Gasteiger charge is -2.17. The Morgan fingerprint density at radius 1 is 1.30 bits per heavy atom. The number of likely N-dealkylation sites (tertiary alicyclic amines) is 1. The Balaban J connectivity index is 1.79.